The lowest BCUT2D eigenvalue weighted by Gasteiger charge is -2.29. The Kier molecular flexibility index (Phi) is 4.09. The summed E-state index contributed by atoms with van der Waals surface area (Å²) in [6.07, 6.45) is 1.03. The van der Waals surface area contributed by atoms with Crippen molar-refractivity contribution in [3.63, 3.8) is 0 Å². The molecule has 7 nitrogen and oxygen atoms in total. The van der Waals surface area contributed by atoms with E-state index < -0.39 is 23.7 Å². The third kappa shape index (κ3) is 3.37. The molecule has 0 aliphatic carbocycles. The van der Waals surface area contributed by atoms with Crippen molar-refractivity contribution in [1.29, 1.82) is 0 Å². The lowest BCUT2D eigenvalue weighted by molar-refractivity contribution is -0.222. The minimum absolute atomic E-state index is 0.0703. The first-order valence-corrected chi connectivity index (χ1v) is 6.53. The summed E-state index contributed by atoms with van der Waals surface area (Å²) in [6.45, 7) is 2.85. The summed E-state index contributed by atoms with van der Waals surface area (Å²) in [5.74, 6) is -4.26. The Labute approximate surface area is 130 Å². The molecule has 8 heteroatoms. The number of ether oxygens (including phenoxy) is 2. The molecule has 0 aromatic heterocycles. The van der Waals surface area contributed by atoms with Crippen LogP contribution in [0, 0.1) is 0 Å². The zero-order valence-corrected chi connectivity index (χ0v) is 12.4. The molecule has 2 rings (SSSR count). The van der Waals surface area contributed by atoms with Crippen molar-refractivity contribution >= 4 is 35.2 Å². The van der Waals surface area contributed by atoms with Crippen molar-refractivity contribution in [2.24, 2.45) is 0 Å². The molecule has 22 heavy (non-hydrogen) atoms. The van der Waals surface area contributed by atoms with E-state index in [0.717, 1.165) is 6.20 Å². The van der Waals surface area contributed by atoms with E-state index in [1.165, 1.54) is 32.0 Å². The minimum Gasteiger partial charge on any atom is -0.478 e. The fourth-order valence-electron chi connectivity index (χ4n) is 1.75. The van der Waals surface area contributed by atoms with Gasteiger partial charge in [0.05, 0.1) is 11.3 Å². The summed E-state index contributed by atoms with van der Waals surface area (Å²) in [5, 5.41) is 11.9. The van der Waals surface area contributed by atoms with E-state index in [9.17, 15) is 14.4 Å². The van der Waals surface area contributed by atoms with Crippen LogP contribution < -0.4 is 5.32 Å². The van der Waals surface area contributed by atoms with Gasteiger partial charge < -0.3 is 19.9 Å². The maximum absolute atomic E-state index is 11.8. The van der Waals surface area contributed by atoms with E-state index >= 15 is 0 Å². The Bertz CT molecular complexity index is 673. The van der Waals surface area contributed by atoms with Crippen molar-refractivity contribution in [3.05, 3.63) is 40.6 Å². The van der Waals surface area contributed by atoms with Crippen molar-refractivity contribution in [2.75, 3.05) is 5.32 Å². The smallest absolute Gasteiger partial charge is 0.350 e. The SMILES string of the molecule is CC1(C)OC(=O)C(=CNc2cc(Cl)ccc2C(=O)O)C(=O)O1. The molecule has 1 aromatic carbocycles. The number of carbonyl (C=O) groups excluding carboxylic acids is 2. The summed E-state index contributed by atoms with van der Waals surface area (Å²) in [5.41, 5.74) is -0.326. The fourth-order valence-corrected chi connectivity index (χ4v) is 1.92. The minimum atomic E-state index is -1.34. The Morgan fingerprint density at radius 2 is 1.86 bits per heavy atom. The van der Waals surface area contributed by atoms with Crippen molar-refractivity contribution < 1.29 is 29.0 Å². The first kappa shape index (κ1) is 15.8. The lowest BCUT2D eigenvalue weighted by atomic mass is 10.1. The third-order valence-electron chi connectivity index (χ3n) is 2.70. The van der Waals surface area contributed by atoms with Gasteiger partial charge in [0.15, 0.2) is 5.57 Å². The molecule has 0 bridgehead atoms. The highest BCUT2D eigenvalue weighted by Crippen LogP contribution is 2.24. The molecule has 116 valence electrons. The van der Waals surface area contributed by atoms with E-state index in [2.05, 4.69) is 5.32 Å². The number of hydrogen-bond donors (Lipinski definition) is 2. The van der Waals surface area contributed by atoms with Crippen LogP contribution in [0.15, 0.2) is 30.0 Å². The molecular weight excluding hydrogens is 314 g/mol. The van der Waals surface area contributed by atoms with Crippen LogP contribution >= 0.6 is 11.6 Å². The Morgan fingerprint density at radius 1 is 1.27 bits per heavy atom. The molecule has 1 aliphatic rings. The van der Waals surface area contributed by atoms with Gasteiger partial charge in [0.1, 0.15) is 0 Å². The number of carboxylic acids is 1. The summed E-state index contributed by atoms with van der Waals surface area (Å²) >= 11 is 5.80. The number of hydrogen-bond acceptors (Lipinski definition) is 6. The van der Waals surface area contributed by atoms with Gasteiger partial charge in [-0.15, -0.1) is 0 Å². The van der Waals surface area contributed by atoms with Gasteiger partial charge in [-0.25, -0.2) is 14.4 Å². The molecule has 0 amide bonds. The topological polar surface area (TPSA) is 102 Å². The van der Waals surface area contributed by atoms with Gasteiger partial charge in [-0.2, -0.15) is 0 Å². The molecule has 2 N–H and O–H groups in total. The van der Waals surface area contributed by atoms with Gasteiger partial charge in [-0.05, 0) is 18.2 Å². The number of aromatic carboxylic acids is 1. The van der Waals surface area contributed by atoms with E-state index in [1.807, 2.05) is 0 Å². The third-order valence-corrected chi connectivity index (χ3v) is 2.94. The van der Waals surface area contributed by atoms with Gasteiger partial charge >= 0.3 is 17.9 Å². The number of carbonyl (C=O) groups is 3. The number of carboxylic acid groups (broad SMARTS) is 1. The van der Waals surface area contributed by atoms with Gasteiger partial charge in [0.25, 0.3) is 5.79 Å². The predicted molar refractivity (Wildman–Crippen MR) is 76.4 cm³/mol. The number of cyclic esters (lactones) is 2. The van der Waals surface area contributed by atoms with Crippen molar-refractivity contribution in [2.45, 2.75) is 19.6 Å². The normalized spacial score (nSPS) is 16.6. The van der Waals surface area contributed by atoms with Crippen molar-refractivity contribution in [3.8, 4) is 0 Å². The molecule has 0 spiro atoms. The number of esters is 2. The van der Waals surface area contributed by atoms with Gasteiger partial charge in [0, 0.05) is 25.1 Å². The second-order valence-corrected chi connectivity index (χ2v) is 5.31. The van der Waals surface area contributed by atoms with Crippen LogP contribution in [-0.4, -0.2) is 28.8 Å². The van der Waals surface area contributed by atoms with Crippen LogP contribution in [0.2, 0.25) is 5.02 Å². The monoisotopic (exact) mass is 325 g/mol. The summed E-state index contributed by atoms with van der Waals surface area (Å²) < 4.78 is 9.83. The van der Waals surface area contributed by atoms with Gasteiger partial charge in [-0.3, -0.25) is 0 Å². The summed E-state index contributed by atoms with van der Waals surface area (Å²) in [6, 6.07) is 4.06. The molecule has 0 atom stereocenters. The molecule has 0 radical (unpaired) electrons. The van der Waals surface area contributed by atoms with Gasteiger partial charge in [-0.1, -0.05) is 11.6 Å². The quantitative estimate of drug-likeness (QED) is 0.499. The van der Waals surface area contributed by atoms with Crippen LogP contribution in [0.1, 0.15) is 24.2 Å². The fraction of sp³-hybridized carbons (Fsp3) is 0.214. The maximum Gasteiger partial charge on any atom is 0.350 e. The predicted octanol–water partition coefficient (Wildman–Crippen LogP) is 2.17. The van der Waals surface area contributed by atoms with E-state index in [-0.39, 0.29) is 16.8 Å². The van der Waals surface area contributed by atoms with Gasteiger partial charge in [0.2, 0.25) is 0 Å². The summed E-state index contributed by atoms with van der Waals surface area (Å²) in [7, 11) is 0. The number of halogens is 1. The Hall–Kier alpha value is -2.54. The number of rotatable bonds is 3. The second-order valence-electron chi connectivity index (χ2n) is 4.88. The van der Waals surface area contributed by atoms with Crippen LogP contribution in [0.25, 0.3) is 0 Å². The largest absolute Gasteiger partial charge is 0.478 e. The average molecular weight is 326 g/mol. The zero-order valence-electron chi connectivity index (χ0n) is 11.7. The van der Waals surface area contributed by atoms with E-state index in [4.69, 9.17) is 26.2 Å². The molecule has 0 unspecified atom stereocenters. The van der Waals surface area contributed by atoms with Crippen LogP contribution in [-0.2, 0) is 19.1 Å². The highest BCUT2D eigenvalue weighted by molar-refractivity contribution is 6.31. The average Bonchev–Trinajstić information content (AvgIpc) is 2.35. The maximum atomic E-state index is 11.8. The molecule has 0 saturated carbocycles. The molecular formula is C14H12ClNO6. The van der Waals surface area contributed by atoms with E-state index in [1.54, 1.807) is 0 Å². The highest BCUT2D eigenvalue weighted by Gasteiger charge is 2.39. The zero-order chi connectivity index (χ0) is 16.5. The molecule has 1 saturated heterocycles. The van der Waals surface area contributed by atoms with Crippen LogP contribution in [0.5, 0.6) is 0 Å². The van der Waals surface area contributed by atoms with E-state index in [0.29, 0.717) is 5.02 Å². The van der Waals surface area contributed by atoms with Crippen LogP contribution in [0.3, 0.4) is 0 Å². The molecule has 1 fully saturated rings. The van der Waals surface area contributed by atoms with Crippen molar-refractivity contribution in [1.82, 2.24) is 0 Å². The van der Waals surface area contributed by atoms with Crippen LogP contribution in [0.4, 0.5) is 5.69 Å². The Morgan fingerprint density at radius 3 is 2.41 bits per heavy atom. The standard InChI is InChI=1S/C14H12ClNO6/c1-14(2)21-12(19)9(13(20)22-14)6-16-10-5-7(15)3-4-8(10)11(17)18/h3-6,16H,1-2H3,(H,17,18). The first-order chi connectivity index (χ1) is 10.2. The first-order valence-electron chi connectivity index (χ1n) is 6.16. The second kappa shape index (κ2) is 5.69. The number of nitrogens with one attached hydrogen (secondary N) is 1. The lowest BCUT2D eigenvalue weighted by Crippen LogP contribution is -2.42. The Balaban J connectivity index is 2.29. The molecule has 1 aliphatic heterocycles. The highest BCUT2D eigenvalue weighted by atomic mass is 35.5. The number of anilines is 1. The molecule has 1 aromatic rings. The summed E-state index contributed by atoms with van der Waals surface area (Å²) in [4.78, 5) is 34.6. The number of benzene rings is 1. The molecule has 1 heterocycles.